The van der Waals surface area contributed by atoms with E-state index in [-0.39, 0.29) is 22.3 Å². The van der Waals surface area contributed by atoms with Gasteiger partial charge in [-0.1, -0.05) is 6.92 Å². The van der Waals surface area contributed by atoms with Crippen LogP contribution in [-0.4, -0.2) is 16.3 Å². The zero-order valence-corrected chi connectivity index (χ0v) is 7.25. The quantitative estimate of drug-likeness (QED) is 0.350. The van der Waals surface area contributed by atoms with E-state index in [1.807, 2.05) is 6.92 Å². The van der Waals surface area contributed by atoms with E-state index in [4.69, 9.17) is 11.6 Å². The second-order valence-electron chi connectivity index (χ2n) is 3.24. The SMILES string of the molecule is CC1CC(Cl)CCC1[N+](=O)[O-]. The molecule has 0 aromatic heterocycles. The Morgan fingerprint density at radius 2 is 2.18 bits per heavy atom. The van der Waals surface area contributed by atoms with Gasteiger partial charge >= 0.3 is 0 Å². The summed E-state index contributed by atoms with van der Waals surface area (Å²) < 4.78 is 0. The Labute approximate surface area is 70.9 Å². The van der Waals surface area contributed by atoms with E-state index in [0.29, 0.717) is 6.42 Å². The molecule has 0 aromatic carbocycles. The van der Waals surface area contributed by atoms with Crippen molar-refractivity contribution in [2.24, 2.45) is 5.92 Å². The van der Waals surface area contributed by atoms with Gasteiger partial charge in [0.25, 0.3) is 0 Å². The van der Waals surface area contributed by atoms with Crippen molar-refractivity contribution in [3.63, 3.8) is 0 Å². The highest BCUT2D eigenvalue weighted by Crippen LogP contribution is 2.29. The summed E-state index contributed by atoms with van der Waals surface area (Å²) in [5.41, 5.74) is 0. The van der Waals surface area contributed by atoms with Gasteiger partial charge in [0.1, 0.15) is 0 Å². The lowest BCUT2D eigenvalue weighted by Gasteiger charge is -2.25. The van der Waals surface area contributed by atoms with Crippen molar-refractivity contribution in [3.8, 4) is 0 Å². The van der Waals surface area contributed by atoms with Gasteiger partial charge in [-0.25, -0.2) is 0 Å². The predicted molar refractivity (Wildman–Crippen MR) is 43.4 cm³/mol. The van der Waals surface area contributed by atoms with Gasteiger partial charge in [0.15, 0.2) is 0 Å². The van der Waals surface area contributed by atoms with Crippen molar-refractivity contribution in [1.29, 1.82) is 0 Å². The van der Waals surface area contributed by atoms with Gasteiger partial charge < -0.3 is 0 Å². The number of rotatable bonds is 1. The molecule has 0 spiro atoms. The van der Waals surface area contributed by atoms with E-state index in [1.165, 1.54) is 0 Å². The maximum Gasteiger partial charge on any atom is 0.215 e. The Bertz CT molecular complexity index is 163. The largest absolute Gasteiger partial charge is 0.264 e. The monoisotopic (exact) mass is 177 g/mol. The zero-order chi connectivity index (χ0) is 8.43. The summed E-state index contributed by atoms with van der Waals surface area (Å²) in [4.78, 5) is 10.3. The first-order chi connectivity index (χ1) is 5.11. The van der Waals surface area contributed by atoms with Crippen LogP contribution in [0.1, 0.15) is 26.2 Å². The summed E-state index contributed by atoms with van der Waals surface area (Å²) in [6, 6.07) is -0.356. The summed E-state index contributed by atoms with van der Waals surface area (Å²) in [6.07, 6.45) is 2.22. The highest BCUT2D eigenvalue weighted by molar-refractivity contribution is 6.20. The van der Waals surface area contributed by atoms with E-state index in [1.54, 1.807) is 0 Å². The highest BCUT2D eigenvalue weighted by atomic mass is 35.5. The summed E-state index contributed by atoms with van der Waals surface area (Å²) >= 11 is 5.86. The average Bonchev–Trinajstić information content (AvgIpc) is 1.85. The first-order valence-corrected chi connectivity index (χ1v) is 4.32. The van der Waals surface area contributed by atoms with E-state index >= 15 is 0 Å². The van der Waals surface area contributed by atoms with Gasteiger partial charge in [-0.3, -0.25) is 10.1 Å². The molecule has 3 nitrogen and oxygen atoms in total. The minimum atomic E-state index is -0.356. The van der Waals surface area contributed by atoms with Crippen molar-refractivity contribution in [3.05, 3.63) is 10.1 Å². The van der Waals surface area contributed by atoms with Crippen LogP contribution < -0.4 is 0 Å². The van der Waals surface area contributed by atoms with Gasteiger partial charge in [-0.2, -0.15) is 0 Å². The predicted octanol–water partition coefficient (Wildman–Crippen LogP) is 2.06. The molecule has 1 aliphatic rings. The maximum absolute atomic E-state index is 10.4. The van der Waals surface area contributed by atoms with Crippen molar-refractivity contribution in [2.75, 3.05) is 0 Å². The first kappa shape index (κ1) is 8.78. The number of alkyl halides is 1. The van der Waals surface area contributed by atoms with Crippen LogP contribution >= 0.6 is 11.6 Å². The molecule has 1 rings (SSSR count). The number of nitrogens with zero attached hydrogens (tertiary/aromatic N) is 1. The molecule has 1 fully saturated rings. The van der Waals surface area contributed by atoms with E-state index < -0.39 is 0 Å². The third kappa shape index (κ3) is 2.06. The van der Waals surface area contributed by atoms with Crippen molar-refractivity contribution in [2.45, 2.75) is 37.6 Å². The molecule has 3 unspecified atom stereocenters. The molecule has 1 aliphatic carbocycles. The smallest absolute Gasteiger partial charge is 0.215 e. The fourth-order valence-electron chi connectivity index (χ4n) is 1.63. The minimum Gasteiger partial charge on any atom is -0.264 e. The summed E-state index contributed by atoms with van der Waals surface area (Å²) in [6.45, 7) is 1.90. The van der Waals surface area contributed by atoms with Crippen LogP contribution in [0.25, 0.3) is 0 Å². The summed E-state index contributed by atoms with van der Waals surface area (Å²) in [5, 5.41) is 10.6. The topological polar surface area (TPSA) is 43.1 Å². The van der Waals surface area contributed by atoms with Crippen LogP contribution in [0.2, 0.25) is 0 Å². The number of nitro groups is 1. The lowest BCUT2D eigenvalue weighted by molar-refractivity contribution is -0.534. The Kier molecular flexibility index (Phi) is 2.71. The molecule has 0 aromatic rings. The molecule has 1 saturated carbocycles. The number of halogens is 1. The fraction of sp³-hybridized carbons (Fsp3) is 1.00. The Morgan fingerprint density at radius 1 is 1.55 bits per heavy atom. The lowest BCUT2D eigenvalue weighted by Crippen LogP contribution is -2.33. The molecule has 11 heavy (non-hydrogen) atoms. The molecule has 0 aliphatic heterocycles. The Balaban J connectivity index is 2.50. The van der Waals surface area contributed by atoms with Gasteiger partial charge in [0.05, 0.1) is 0 Å². The second kappa shape index (κ2) is 3.39. The highest BCUT2D eigenvalue weighted by Gasteiger charge is 2.34. The fourth-order valence-corrected chi connectivity index (χ4v) is 2.03. The maximum atomic E-state index is 10.4. The average molecular weight is 178 g/mol. The summed E-state index contributed by atoms with van der Waals surface area (Å²) in [5.74, 6) is 0.140. The molecule has 4 heteroatoms. The van der Waals surface area contributed by atoms with Crippen LogP contribution in [0.15, 0.2) is 0 Å². The van der Waals surface area contributed by atoms with Crippen LogP contribution in [0.5, 0.6) is 0 Å². The van der Waals surface area contributed by atoms with Crippen molar-refractivity contribution >= 4 is 11.6 Å². The molecule has 0 saturated heterocycles. The van der Waals surface area contributed by atoms with Gasteiger partial charge in [-0.15, -0.1) is 11.6 Å². The third-order valence-electron chi connectivity index (χ3n) is 2.33. The van der Waals surface area contributed by atoms with Crippen LogP contribution in [0.4, 0.5) is 0 Å². The Hall–Kier alpha value is -0.310. The molecule has 0 N–H and O–H groups in total. The van der Waals surface area contributed by atoms with E-state index in [2.05, 4.69) is 0 Å². The first-order valence-electron chi connectivity index (χ1n) is 3.89. The Morgan fingerprint density at radius 3 is 2.64 bits per heavy atom. The molecular weight excluding hydrogens is 166 g/mol. The molecule has 0 heterocycles. The molecule has 64 valence electrons. The van der Waals surface area contributed by atoms with Crippen molar-refractivity contribution < 1.29 is 4.92 Å². The van der Waals surface area contributed by atoms with Gasteiger partial charge in [0, 0.05) is 22.6 Å². The minimum absolute atomic E-state index is 0.140. The molecular formula is C7H12ClNO2. The van der Waals surface area contributed by atoms with Crippen LogP contribution in [0, 0.1) is 16.0 Å². The molecule has 0 amide bonds. The van der Waals surface area contributed by atoms with Gasteiger partial charge in [0.2, 0.25) is 6.04 Å². The lowest BCUT2D eigenvalue weighted by atomic mass is 9.86. The standard InChI is InChI=1S/C7H12ClNO2/c1-5-4-6(8)2-3-7(5)9(10)11/h5-7H,2-4H2,1H3. The summed E-state index contributed by atoms with van der Waals surface area (Å²) in [7, 11) is 0. The van der Waals surface area contributed by atoms with Crippen LogP contribution in [0.3, 0.4) is 0 Å². The molecule has 3 atom stereocenters. The zero-order valence-electron chi connectivity index (χ0n) is 6.50. The van der Waals surface area contributed by atoms with E-state index in [0.717, 1.165) is 12.8 Å². The number of hydrogen-bond acceptors (Lipinski definition) is 2. The molecule has 0 bridgehead atoms. The third-order valence-corrected chi connectivity index (χ3v) is 2.73. The molecule has 0 radical (unpaired) electrons. The second-order valence-corrected chi connectivity index (χ2v) is 3.86. The van der Waals surface area contributed by atoms with E-state index in [9.17, 15) is 10.1 Å². The van der Waals surface area contributed by atoms with Crippen molar-refractivity contribution in [1.82, 2.24) is 0 Å². The number of hydrogen-bond donors (Lipinski definition) is 0. The van der Waals surface area contributed by atoms with Gasteiger partial charge in [-0.05, 0) is 12.8 Å². The van der Waals surface area contributed by atoms with Crippen LogP contribution in [-0.2, 0) is 0 Å². The normalized spacial score (nSPS) is 38.5.